The van der Waals surface area contributed by atoms with E-state index in [0.29, 0.717) is 11.3 Å². The van der Waals surface area contributed by atoms with Gasteiger partial charge in [0.1, 0.15) is 24.0 Å². The molecule has 1 fully saturated rings. The van der Waals surface area contributed by atoms with Gasteiger partial charge in [-0.25, -0.2) is 0 Å². The van der Waals surface area contributed by atoms with Crippen LogP contribution >= 0.6 is 12.2 Å². The minimum atomic E-state index is -0.348. The van der Waals surface area contributed by atoms with Crippen LogP contribution in [-0.2, 0) is 20.9 Å². The molecule has 0 saturated carbocycles. The van der Waals surface area contributed by atoms with Gasteiger partial charge in [-0.05, 0) is 17.7 Å². The number of nitrogens with two attached hydrogens (primary N) is 1. The normalized spacial score (nSPS) is 15.3. The molecule has 1 aromatic carbocycles. The lowest BCUT2D eigenvalue weighted by Crippen LogP contribution is -2.45. The van der Waals surface area contributed by atoms with Gasteiger partial charge >= 0.3 is 0 Å². The molecule has 1 heterocycles. The molecule has 1 aliphatic heterocycles. The molecule has 0 bridgehead atoms. The number of hydrogen-bond acceptors (Lipinski definition) is 5. The van der Waals surface area contributed by atoms with Crippen LogP contribution in [0.2, 0.25) is 0 Å². The summed E-state index contributed by atoms with van der Waals surface area (Å²) in [6.45, 7) is 0.0245. The van der Waals surface area contributed by atoms with Crippen LogP contribution in [0.3, 0.4) is 0 Å². The van der Waals surface area contributed by atoms with Crippen molar-refractivity contribution < 1.29 is 19.1 Å². The molecule has 0 radical (unpaired) electrons. The molecule has 106 valence electrons. The second-order valence-corrected chi connectivity index (χ2v) is 4.71. The van der Waals surface area contributed by atoms with Gasteiger partial charge in [0, 0.05) is 0 Å². The van der Waals surface area contributed by atoms with Crippen LogP contribution < -0.4 is 10.5 Å². The summed E-state index contributed by atoms with van der Waals surface area (Å²) < 4.78 is 10.1. The Morgan fingerprint density at radius 2 is 2.05 bits per heavy atom. The van der Waals surface area contributed by atoms with Gasteiger partial charge in [-0.1, -0.05) is 18.3 Å². The van der Waals surface area contributed by atoms with Crippen molar-refractivity contribution in [2.75, 3.05) is 20.3 Å². The third-order valence-electron chi connectivity index (χ3n) is 2.93. The molecule has 0 atom stereocenters. The first-order chi connectivity index (χ1) is 9.52. The van der Waals surface area contributed by atoms with E-state index in [1.54, 1.807) is 18.2 Å². The Bertz CT molecular complexity index is 557. The number of carbonyl (C=O) groups is 2. The summed E-state index contributed by atoms with van der Waals surface area (Å²) in [5, 5.41) is 0. The highest BCUT2D eigenvalue weighted by Gasteiger charge is 2.26. The van der Waals surface area contributed by atoms with E-state index in [4.69, 9.17) is 27.4 Å². The van der Waals surface area contributed by atoms with E-state index in [9.17, 15) is 9.59 Å². The second kappa shape index (κ2) is 5.98. The smallest absolute Gasteiger partial charge is 0.255 e. The molecule has 2 amide bonds. The van der Waals surface area contributed by atoms with Crippen molar-refractivity contribution in [1.29, 1.82) is 0 Å². The number of thiocarbonyl (C=S) groups is 1. The van der Waals surface area contributed by atoms with Crippen LogP contribution in [0, 0.1) is 0 Å². The number of methoxy groups -OCH3 is 1. The van der Waals surface area contributed by atoms with E-state index in [-0.39, 0.29) is 36.6 Å². The Hall–Kier alpha value is -1.99. The predicted octanol–water partition coefficient (Wildman–Crippen LogP) is 0.215. The summed E-state index contributed by atoms with van der Waals surface area (Å²) in [5.74, 6) is -0.180. The molecule has 7 heteroatoms. The summed E-state index contributed by atoms with van der Waals surface area (Å²) in [5.41, 5.74) is 6.96. The molecule has 0 aliphatic carbocycles. The molecule has 20 heavy (non-hydrogen) atoms. The fourth-order valence-corrected chi connectivity index (χ4v) is 2.09. The van der Waals surface area contributed by atoms with Crippen LogP contribution in [0.4, 0.5) is 0 Å². The van der Waals surface area contributed by atoms with E-state index in [1.807, 2.05) is 0 Å². The van der Waals surface area contributed by atoms with Gasteiger partial charge in [-0.15, -0.1) is 0 Å². The number of rotatable bonds is 4. The molecule has 1 saturated heterocycles. The lowest BCUT2D eigenvalue weighted by Gasteiger charge is -2.25. The van der Waals surface area contributed by atoms with Crippen LogP contribution in [0.25, 0.3) is 0 Å². The molecular weight excluding hydrogens is 280 g/mol. The lowest BCUT2D eigenvalue weighted by atomic mass is 10.1. The molecule has 2 N–H and O–H groups in total. The SMILES string of the molecule is COc1cc(CN2C(=O)COCC2=O)ccc1C(N)=S. The van der Waals surface area contributed by atoms with E-state index in [0.717, 1.165) is 5.56 Å². The summed E-state index contributed by atoms with van der Waals surface area (Å²) >= 11 is 4.92. The van der Waals surface area contributed by atoms with E-state index >= 15 is 0 Å². The number of nitrogens with zero attached hydrogens (tertiary/aromatic N) is 1. The van der Waals surface area contributed by atoms with Gasteiger partial charge in [0.15, 0.2) is 0 Å². The fourth-order valence-electron chi connectivity index (χ4n) is 1.92. The van der Waals surface area contributed by atoms with Crippen molar-refractivity contribution in [2.45, 2.75) is 6.54 Å². The molecule has 0 aromatic heterocycles. The largest absolute Gasteiger partial charge is 0.496 e. The Balaban J connectivity index is 2.23. The minimum absolute atomic E-state index is 0.0756. The number of benzene rings is 1. The van der Waals surface area contributed by atoms with E-state index in [2.05, 4.69) is 0 Å². The third kappa shape index (κ3) is 2.94. The van der Waals surface area contributed by atoms with Crippen LogP contribution in [-0.4, -0.2) is 42.0 Å². The number of amides is 2. The van der Waals surface area contributed by atoms with Gasteiger partial charge in [0.25, 0.3) is 11.8 Å². The molecule has 0 spiro atoms. The first kappa shape index (κ1) is 14.4. The summed E-state index contributed by atoms with van der Waals surface area (Å²) in [6, 6.07) is 5.18. The molecule has 1 aromatic rings. The first-order valence-corrected chi connectivity index (χ1v) is 6.31. The average molecular weight is 294 g/mol. The zero-order valence-electron chi connectivity index (χ0n) is 10.9. The Morgan fingerprint density at radius 1 is 1.40 bits per heavy atom. The lowest BCUT2D eigenvalue weighted by molar-refractivity contribution is -0.159. The monoisotopic (exact) mass is 294 g/mol. The van der Waals surface area contributed by atoms with Crippen molar-refractivity contribution in [1.82, 2.24) is 4.90 Å². The van der Waals surface area contributed by atoms with Crippen molar-refractivity contribution in [2.24, 2.45) is 5.73 Å². The zero-order chi connectivity index (χ0) is 14.7. The topological polar surface area (TPSA) is 81.9 Å². The highest BCUT2D eigenvalue weighted by atomic mass is 32.1. The van der Waals surface area contributed by atoms with Gasteiger partial charge in [-0.3, -0.25) is 14.5 Å². The van der Waals surface area contributed by atoms with Gasteiger partial charge < -0.3 is 15.2 Å². The molecule has 6 nitrogen and oxygen atoms in total. The summed E-state index contributed by atoms with van der Waals surface area (Å²) in [4.78, 5) is 24.7. The summed E-state index contributed by atoms with van der Waals surface area (Å²) in [7, 11) is 1.51. The van der Waals surface area contributed by atoms with Crippen LogP contribution in [0.15, 0.2) is 18.2 Å². The second-order valence-electron chi connectivity index (χ2n) is 4.27. The molecular formula is C13H14N2O4S. The maximum Gasteiger partial charge on any atom is 0.255 e. The third-order valence-corrected chi connectivity index (χ3v) is 3.15. The standard InChI is InChI=1S/C13H14N2O4S/c1-18-10-4-8(2-3-9(10)13(14)20)5-15-11(16)6-19-7-12(15)17/h2-4H,5-7H2,1H3,(H2,14,20). The van der Waals surface area contributed by atoms with Crippen LogP contribution in [0.1, 0.15) is 11.1 Å². The van der Waals surface area contributed by atoms with Gasteiger partial charge in [-0.2, -0.15) is 0 Å². The van der Waals surface area contributed by atoms with Crippen molar-refractivity contribution >= 4 is 29.0 Å². The van der Waals surface area contributed by atoms with E-state index < -0.39 is 0 Å². The van der Waals surface area contributed by atoms with Gasteiger partial charge in [0.2, 0.25) is 0 Å². The number of hydrogen-bond donors (Lipinski definition) is 1. The molecule has 1 aliphatic rings. The van der Waals surface area contributed by atoms with Gasteiger partial charge in [0.05, 0.1) is 19.2 Å². The average Bonchev–Trinajstić information content (AvgIpc) is 2.42. The van der Waals surface area contributed by atoms with Crippen LogP contribution in [0.5, 0.6) is 5.75 Å². The quantitative estimate of drug-likeness (QED) is 0.632. The number of carbonyl (C=O) groups excluding carboxylic acids is 2. The van der Waals surface area contributed by atoms with Crippen molar-refractivity contribution in [3.05, 3.63) is 29.3 Å². The zero-order valence-corrected chi connectivity index (χ0v) is 11.7. The van der Waals surface area contributed by atoms with Crippen molar-refractivity contribution in [3.63, 3.8) is 0 Å². The number of imide groups is 1. The maximum atomic E-state index is 11.6. The maximum absolute atomic E-state index is 11.6. The highest BCUT2D eigenvalue weighted by Crippen LogP contribution is 2.21. The van der Waals surface area contributed by atoms with E-state index in [1.165, 1.54) is 12.0 Å². The van der Waals surface area contributed by atoms with Crippen molar-refractivity contribution in [3.8, 4) is 5.75 Å². The Morgan fingerprint density at radius 3 is 2.60 bits per heavy atom. The highest BCUT2D eigenvalue weighted by molar-refractivity contribution is 7.80. The number of ether oxygens (including phenoxy) is 2. The Labute approximate surface area is 121 Å². The fraction of sp³-hybridized carbons (Fsp3) is 0.308. The summed E-state index contributed by atoms with van der Waals surface area (Å²) in [6.07, 6.45) is 0. The number of morpholine rings is 1. The Kier molecular flexibility index (Phi) is 4.31. The predicted molar refractivity (Wildman–Crippen MR) is 75.3 cm³/mol. The molecule has 0 unspecified atom stereocenters. The minimum Gasteiger partial charge on any atom is -0.496 e. The first-order valence-electron chi connectivity index (χ1n) is 5.90. The molecule has 2 rings (SSSR count).